The number of esters is 1. The van der Waals surface area contributed by atoms with E-state index in [-0.39, 0.29) is 18.3 Å². The highest BCUT2D eigenvalue weighted by atomic mass is 16.6. The van der Waals surface area contributed by atoms with Crippen molar-refractivity contribution >= 4 is 11.9 Å². The standard InChI is InChI=1S/C10H19NO3/c1-5-8(12)11-7-6-9(13)14-10(2,3)4/h5-7H2,1-4H3,(H,11,12). The van der Waals surface area contributed by atoms with Crippen LogP contribution in [0.15, 0.2) is 0 Å². The molecule has 1 amide bonds. The van der Waals surface area contributed by atoms with Crippen molar-refractivity contribution < 1.29 is 14.3 Å². The average Bonchev–Trinajstić information content (AvgIpc) is 2.00. The lowest BCUT2D eigenvalue weighted by molar-refractivity contribution is -0.154. The molecule has 0 saturated heterocycles. The van der Waals surface area contributed by atoms with Gasteiger partial charge in [0.25, 0.3) is 0 Å². The lowest BCUT2D eigenvalue weighted by Gasteiger charge is -2.19. The smallest absolute Gasteiger partial charge is 0.308 e. The van der Waals surface area contributed by atoms with Crippen molar-refractivity contribution in [3.8, 4) is 0 Å². The first-order valence-corrected chi connectivity index (χ1v) is 4.83. The Kier molecular flexibility index (Phi) is 5.20. The van der Waals surface area contributed by atoms with Gasteiger partial charge in [-0.15, -0.1) is 0 Å². The molecule has 0 rings (SSSR count). The fraction of sp³-hybridized carbons (Fsp3) is 0.800. The molecule has 0 aliphatic rings. The van der Waals surface area contributed by atoms with Gasteiger partial charge in [-0.1, -0.05) is 6.92 Å². The number of carbonyl (C=O) groups is 2. The maximum atomic E-state index is 11.2. The largest absolute Gasteiger partial charge is 0.460 e. The normalized spacial score (nSPS) is 10.9. The van der Waals surface area contributed by atoms with E-state index in [4.69, 9.17) is 4.74 Å². The van der Waals surface area contributed by atoms with Crippen molar-refractivity contribution in [2.45, 2.75) is 46.1 Å². The molecule has 0 unspecified atom stereocenters. The topological polar surface area (TPSA) is 55.4 Å². The van der Waals surface area contributed by atoms with E-state index in [2.05, 4.69) is 5.32 Å². The van der Waals surface area contributed by atoms with Gasteiger partial charge in [0.15, 0.2) is 0 Å². The van der Waals surface area contributed by atoms with Crippen LogP contribution >= 0.6 is 0 Å². The van der Waals surface area contributed by atoms with E-state index >= 15 is 0 Å². The number of hydrogen-bond donors (Lipinski definition) is 1. The van der Waals surface area contributed by atoms with Crippen LogP contribution in [0.1, 0.15) is 40.5 Å². The van der Waals surface area contributed by atoms with E-state index in [0.29, 0.717) is 13.0 Å². The molecular weight excluding hydrogens is 182 g/mol. The molecule has 0 aliphatic carbocycles. The van der Waals surface area contributed by atoms with Crippen LogP contribution < -0.4 is 5.32 Å². The highest BCUT2D eigenvalue weighted by molar-refractivity contribution is 5.76. The zero-order valence-electron chi connectivity index (χ0n) is 9.35. The number of rotatable bonds is 4. The van der Waals surface area contributed by atoms with Gasteiger partial charge in [0, 0.05) is 13.0 Å². The Labute approximate surface area is 85.0 Å². The van der Waals surface area contributed by atoms with Gasteiger partial charge in [0.1, 0.15) is 5.60 Å². The van der Waals surface area contributed by atoms with Gasteiger partial charge < -0.3 is 10.1 Å². The second-order valence-corrected chi connectivity index (χ2v) is 4.04. The monoisotopic (exact) mass is 201 g/mol. The molecule has 0 saturated carbocycles. The molecule has 0 radical (unpaired) electrons. The molecular formula is C10H19NO3. The predicted octanol–water partition coefficient (Wildman–Crippen LogP) is 1.24. The zero-order valence-corrected chi connectivity index (χ0v) is 9.35. The summed E-state index contributed by atoms with van der Waals surface area (Å²) in [7, 11) is 0. The first-order valence-electron chi connectivity index (χ1n) is 4.83. The Hall–Kier alpha value is -1.06. The third-order valence-corrected chi connectivity index (χ3v) is 1.39. The van der Waals surface area contributed by atoms with Gasteiger partial charge in [-0.2, -0.15) is 0 Å². The summed E-state index contributed by atoms with van der Waals surface area (Å²) >= 11 is 0. The van der Waals surface area contributed by atoms with Crippen molar-refractivity contribution in [3.05, 3.63) is 0 Å². The van der Waals surface area contributed by atoms with Crippen molar-refractivity contribution in [1.82, 2.24) is 5.32 Å². The van der Waals surface area contributed by atoms with Gasteiger partial charge >= 0.3 is 5.97 Å². The Morgan fingerprint density at radius 2 is 1.86 bits per heavy atom. The average molecular weight is 201 g/mol. The molecule has 0 aliphatic heterocycles. The van der Waals surface area contributed by atoms with E-state index in [1.165, 1.54) is 0 Å². The van der Waals surface area contributed by atoms with Crippen molar-refractivity contribution in [2.24, 2.45) is 0 Å². The summed E-state index contributed by atoms with van der Waals surface area (Å²) in [5, 5.41) is 2.61. The molecule has 0 fully saturated rings. The molecule has 0 spiro atoms. The summed E-state index contributed by atoms with van der Waals surface area (Å²) in [5.41, 5.74) is -0.453. The van der Waals surface area contributed by atoms with E-state index in [0.717, 1.165) is 0 Å². The van der Waals surface area contributed by atoms with E-state index in [1.54, 1.807) is 6.92 Å². The molecule has 0 atom stereocenters. The lowest BCUT2D eigenvalue weighted by Crippen LogP contribution is -2.29. The van der Waals surface area contributed by atoms with Crippen molar-refractivity contribution in [1.29, 1.82) is 0 Å². The van der Waals surface area contributed by atoms with Gasteiger partial charge in [0.2, 0.25) is 5.91 Å². The van der Waals surface area contributed by atoms with Gasteiger partial charge in [-0.25, -0.2) is 0 Å². The summed E-state index contributed by atoms with van der Waals surface area (Å²) in [6.07, 6.45) is 0.664. The first-order chi connectivity index (χ1) is 6.35. The van der Waals surface area contributed by atoms with Crippen LogP contribution in [0.4, 0.5) is 0 Å². The van der Waals surface area contributed by atoms with E-state index < -0.39 is 5.60 Å². The zero-order chi connectivity index (χ0) is 11.2. The molecule has 0 aromatic heterocycles. The lowest BCUT2D eigenvalue weighted by atomic mass is 10.2. The quantitative estimate of drug-likeness (QED) is 0.696. The van der Waals surface area contributed by atoms with E-state index in [1.807, 2.05) is 20.8 Å². The highest BCUT2D eigenvalue weighted by Crippen LogP contribution is 2.07. The second-order valence-electron chi connectivity index (χ2n) is 4.04. The fourth-order valence-electron chi connectivity index (χ4n) is 0.822. The minimum atomic E-state index is -0.453. The minimum Gasteiger partial charge on any atom is -0.460 e. The predicted molar refractivity (Wildman–Crippen MR) is 53.8 cm³/mol. The second kappa shape index (κ2) is 5.62. The molecule has 4 nitrogen and oxygen atoms in total. The molecule has 0 aromatic rings. The van der Waals surface area contributed by atoms with Crippen LogP contribution in [0, 0.1) is 0 Å². The molecule has 1 N–H and O–H groups in total. The summed E-state index contributed by atoms with van der Waals surface area (Å²) in [6, 6.07) is 0. The van der Waals surface area contributed by atoms with Crippen LogP contribution in [0.5, 0.6) is 0 Å². The third kappa shape index (κ3) is 7.58. The summed E-state index contributed by atoms with van der Waals surface area (Å²) in [6.45, 7) is 7.56. The van der Waals surface area contributed by atoms with Crippen LogP contribution in [0.3, 0.4) is 0 Å². The first kappa shape index (κ1) is 12.9. The Bertz CT molecular complexity index is 206. The Balaban J connectivity index is 3.60. The van der Waals surface area contributed by atoms with Gasteiger partial charge in [0.05, 0.1) is 6.42 Å². The molecule has 0 bridgehead atoms. The number of carbonyl (C=O) groups excluding carboxylic acids is 2. The molecule has 0 aromatic carbocycles. The third-order valence-electron chi connectivity index (χ3n) is 1.39. The maximum Gasteiger partial charge on any atom is 0.308 e. The van der Waals surface area contributed by atoms with Crippen molar-refractivity contribution in [2.75, 3.05) is 6.54 Å². The summed E-state index contributed by atoms with van der Waals surface area (Å²) < 4.78 is 5.06. The SMILES string of the molecule is CCC(=O)NCCC(=O)OC(C)(C)C. The van der Waals surface area contributed by atoms with Crippen LogP contribution in [0.25, 0.3) is 0 Å². The van der Waals surface area contributed by atoms with E-state index in [9.17, 15) is 9.59 Å². The molecule has 4 heteroatoms. The number of amides is 1. The Morgan fingerprint density at radius 1 is 1.29 bits per heavy atom. The van der Waals surface area contributed by atoms with Crippen molar-refractivity contribution in [3.63, 3.8) is 0 Å². The number of nitrogens with one attached hydrogen (secondary N) is 1. The van der Waals surface area contributed by atoms with Crippen LogP contribution in [-0.2, 0) is 14.3 Å². The number of ether oxygens (including phenoxy) is 1. The minimum absolute atomic E-state index is 0.0476. The summed E-state index contributed by atoms with van der Waals surface area (Å²) in [4.78, 5) is 22.0. The highest BCUT2D eigenvalue weighted by Gasteiger charge is 2.15. The van der Waals surface area contributed by atoms with Gasteiger partial charge in [-0.05, 0) is 20.8 Å². The molecule has 82 valence electrons. The Morgan fingerprint density at radius 3 is 2.29 bits per heavy atom. The maximum absolute atomic E-state index is 11.2. The molecule has 14 heavy (non-hydrogen) atoms. The molecule has 0 heterocycles. The van der Waals surface area contributed by atoms with Crippen LogP contribution in [0.2, 0.25) is 0 Å². The van der Waals surface area contributed by atoms with Gasteiger partial charge in [-0.3, -0.25) is 9.59 Å². The number of hydrogen-bond acceptors (Lipinski definition) is 3. The fourth-order valence-corrected chi connectivity index (χ4v) is 0.822. The summed E-state index contributed by atoms with van der Waals surface area (Å²) in [5.74, 6) is -0.331. The van der Waals surface area contributed by atoms with Crippen LogP contribution in [-0.4, -0.2) is 24.0 Å².